The minimum Gasteiger partial charge on any atom is -0.394 e. The van der Waals surface area contributed by atoms with Crippen LogP contribution in [0.3, 0.4) is 0 Å². The summed E-state index contributed by atoms with van der Waals surface area (Å²) in [6, 6.07) is 12.8. The molecule has 0 aliphatic carbocycles. The van der Waals surface area contributed by atoms with E-state index < -0.39 is 34.2 Å². The number of anilines is 3. The van der Waals surface area contributed by atoms with Crippen molar-refractivity contribution in [3.8, 4) is 11.5 Å². The molecule has 4 N–H and O–H groups in total. The Balaban J connectivity index is 1.51. The quantitative estimate of drug-likeness (QED) is 0.256. The molecule has 1 aliphatic heterocycles. The molecule has 38 heavy (non-hydrogen) atoms. The van der Waals surface area contributed by atoms with Crippen molar-refractivity contribution in [3.63, 3.8) is 0 Å². The van der Waals surface area contributed by atoms with Gasteiger partial charge in [0.2, 0.25) is 11.8 Å². The minimum atomic E-state index is -3.48. The Bertz CT molecular complexity index is 1550. The molecule has 0 radical (unpaired) electrons. The molecule has 2 aromatic heterocycles. The predicted molar refractivity (Wildman–Crippen MR) is 132 cm³/mol. The Hall–Kier alpha value is -4.01. The standard InChI is InChI=1S/C24H22F2N6O5S/c25-20(26)22-30-23(37-32-22)16-11-27-24(31-21(16)29-17(12-33)13-4-2-1-3-5-13)28-14-6-7-19-15(10-14)18(34)8-9-38(19,35)36/h1-7,10-11,17-18,20,33-34H,8-9,12H2,(H2,27,28,29,31)/t17-,18?/m1/s1. The average molecular weight is 545 g/mol. The molecule has 5 rings (SSSR count). The summed E-state index contributed by atoms with van der Waals surface area (Å²) < 4.78 is 55.8. The Kier molecular flexibility index (Phi) is 7.01. The summed E-state index contributed by atoms with van der Waals surface area (Å²) in [6.45, 7) is -0.320. The zero-order chi connectivity index (χ0) is 26.9. The number of aliphatic hydroxyl groups is 2. The van der Waals surface area contributed by atoms with Crippen LogP contribution in [0.5, 0.6) is 0 Å². The van der Waals surface area contributed by atoms with Crippen LogP contribution in [0.25, 0.3) is 11.5 Å². The Morgan fingerprint density at radius 2 is 1.92 bits per heavy atom. The van der Waals surface area contributed by atoms with Crippen molar-refractivity contribution in [1.82, 2.24) is 20.1 Å². The van der Waals surface area contributed by atoms with Gasteiger partial charge in [-0.3, -0.25) is 0 Å². The van der Waals surface area contributed by atoms with Gasteiger partial charge in [-0.05, 0) is 30.2 Å². The van der Waals surface area contributed by atoms with Crippen LogP contribution in [0.4, 0.5) is 26.2 Å². The molecule has 0 fully saturated rings. The summed E-state index contributed by atoms with van der Waals surface area (Å²) in [5.74, 6) is -1.01. The molecule has 1 aliphatic rings. The van der Waals surface area contributed by atoms with Crippen molar-refractivity contribution in [2.24, 2.45) is 0 Å². The van der Waals surface area contributed by atoms with Gasteiger partial charge in [0, 0.05) is 17.4 Å². The van der Waals surface area contributed by atoms with E-state index in [9.17, 15) is 27.4 Å². The van der Waals surface area contributed by atoms with Crippen molar-refractivity contribution in [3.05, 3.63) is 71.7 Å². The maximum Gasteiger partial charge on any atom is 0.300 e. The van der Waals surface area contributed by atoms with Crippen LogP contribution < -0.4 is 10.6 Å². The van der Waals surface area contributed by atoms with Gasteiger partial charge in [0.05, 0.1) is 29.4 Å². The summed E-state index contributed by atoms with van der Waals surface area (Å²) in [6.07, 6.45) is -2.50. The second-order valence-electron chi connectivity index (χ2n) is 8.51. The zero-order valence-electron chi connectivity index (χ0n) is 19.6. The van der Waals surface area contributed by atoms with E-state index in [0.29, 0.717) is 5.69 Å². The lowest BCUT2D eigenvalue weighted by molar-refractivity contribution is 0.136. The van der Waals surface area contributed by atoms with Gasteiger partial charge in [0.15, 0.2) is 9.84 Å². The summed E-state index contributed by atoms with van der Waals surface area (Å²) in [7, 11) is -3.48. The lowest BCUT2D eigenvalue weighted by Crippen LogP contribution is -2.20. The maximum absolute atomic E-state index is 13.1. The van der Waals surface area contributed by atoms with Gasteiger partial charge in [-0.15, -0.1) is 0 Å². The lowest BCUT2D eigenvalue weighted by Gasteiger charge is -2.22. The number of nitrogens with zero attached hydrogens (tertiary/aromatic N) is 4. The molecule has 198 valence electrons. The van der Waals surface area contributed by atoms with Gasteiger partial charge in [-0.2, -0.15) is 9.97 Å². The number of alkyl halides is 2. The fraction of sp³-hybridized carbons (Fsp3) is 0.250. The number of halogens is 2. The molecule has 11 nitrogen and oxygen atoms in total. The van der Waals surface area contributed by atoms with Crippen LogP contribution in [0, 0.1) is 0 Å². The maximum atomic E-state index is 13.1. The molecule has 1 unspecified atom stereocenters. The first-order valence-corrected chi connectivity index (χ1v) is 13.1. The molecule has 14 heteroatoms. The van der Waals surface area contributed by atoms with E-state index in [0.717, 1.165) is 5.56 Å². The number of benzene rings is 2. The van der Waals surface area contributed by atoms with Gasteiger partial charge < -0.3 is 25.4 Å². The Labute approximate surface area is 215 Å². The first kappa shape index (κ1) is 25.6. The largest absolute Gasteiger partial charge is 0.394 e. The normalized spacial score (nSPS) is 17.1. The number of sulfone groups is 1. The molecule has 0 saturated heterocycles. The number of aromatic nitrogens is 4. The van der Waals surface area contributed by atoms with Crippen molar-refractivity contribution >= 4 is 27.3 Å². The number of fused-ring (bicyclic) bond motifs is 1. The van der Waals surface area contributed by atoms with E-state index in [1.54, 1.807) is 24.3 Å². The summed E-state index contributed by atoms with van der Waals surface area (Å²) in [5, 5.41) is 29.7. The highest BCUT2D eigenvalue weighted by molar-refractivity contribution is 7.91. The van der Waals surface area contributed by atoms with Gasteiger partial charge in [-0.1, -0.05) is 35.5 Å². The molecule has 0 saturated carbocycles. The minimum absolute atomic E-state index is 0.0581. The van der Waals surface area contributed by atoms with Gasteiger partial charge in [-0.25, -0.2) is 22.2 Å². The van der Waals surface area contributed by atoms with E-state index in [4.69, 9.17) is 4.52 Å². The van der Waals surface area contributed by atoms with Gasteiger partial charge >= 0.3 is 6.43 Å². The predicted octanol–water partition coefficient (Wildman–Crippen LogP) is 3.56. The average Bonchev–Trinajstić information content (AvgIpc) is 3.41. The number of nitrogens with one attached hydrogen (secondary N) is 2. The van der Waals surface area contributed by atoms with Crippen LogP contribution >= 0.6 is 0 Å². The molecular weight excluding hydrogens is 522 g/mol. The monoisotopic (exact) mass is 544 g/mol. The first-order valence-electron chi connectivity index (χ1n) is 11.5. The molecule has 0 bridgehead atoms. The first-order chi connectivity index (χ1) is 18.2. The SMILES string of the molecule is O=S1(=O)CCC(O)c2cc(Nc3ncc(-c4nc(C(F)F)no4)c(N[C@H](CO)c4ccccc4)n3)ccc21. The third-order valence-electron chi connectivity index (χ3n) is 5.97. The van der Waals surface area contributed by atoms with Gasteiger partial charge in [0.25, 0.3) is 5.89 Å². The fourth-order valence-electron chi connectivity index (χ4n) is 4.06. The number of aliphatic hydroxyl groups excluding tert-OH is 2. The summed E-state index contributed by atoms with van der Waals surface area (Å²) in [5.41, 5.74) is 1.54. The van der Waals surface area contributed by atoms with Gasteiger partial charge in [0.1, 0.15) is 11.4 Å². The highest BCUT2D eigenvalue weighted by Gasteiger charge is 2.29. The van der Waals surface area contributed by atoms with Crippen LogP contribution in [0.1, 0.15) is 41.9 Å². The highest BCUT2D eigenvalue weighted by Crippen LogP contribution is 2.35. The molecule has 4 aromatic rings. The molecule has 3 heterocycles. The lowest BCUT2D eigenvalue weighted by atomic mass is 10.1. The summed E-state index contributed by atoms with van der Waals surface area (Å²) in [4.78, 5) is 12.4. The van der Waals surface area contributed by atoms with Crippen molar-refractivity contribution in [2.75, 3.05) is 23.0 Å². The van der Waals surface area contributed by atoms with Crippen molar-refractivity contribution < 1.29 is 31.9 Å². The van der Waals surface area contributed by atoms with E-state index in [-0.39, 0.29) is 52.5 Å². The van der Waals surface area contributed by atoms with Crippen LogP contribution in [0.2, 0.25) is 0 Å². The Morgan fingerprint density at radius 1 is 1.13 bits per heavy atom. The molecule has 2 atom stereocenters. The summed E-state index contributed by atoms with van der Waals surface area (Å²) >= 11 is 0. The van der Waals surface area contributed by atoms with Crippen molar-refractivity contribution in [2.45, 2.75) is 29.9 Å². The number of hydrogen-bond donors (Lipinski definition) is 4. The van der Waals surface area contributed by atoms with E-state index >= 15 is 0 Å². The molecule has 2 aromatic carbocycles. The smallest absolute Gasteiger partial charge is 0.300 e. The molecule has 0 spiro atoms. The second-order valence-corrected chi connectivity index (χ2v) is 10.6. The van der Waals surface area contributed by atoms with E-state index in [1.165, 1.54) is 24.4 Å². The zero-order valence-corrected chi connectivity index (χ0v) is 20.4. The van der Waals surface area contributed by atoms with Crippen molar-refractivity contribution in [1.29, 1.82) is 0 Å². The third kappa shape index (κ3) is 5.18. The fourth-order valence-corrected chi connectivity index (χ4v) is 5.64. The highest BCUT2D eigenvalue weighted by atomic mass is 32.2. The molecular formula is C24H22F2N6O5S. The molecule has 0 amide bonds. The van der Waals surface area contributed by atoms with Crippen LogP contribution in [0.15, 0.2) is 64.1 Å². The van der Waals surface area contributed by atoms with E-state index in [1.807, 2.05) is 6.07 Å². The topological polar surface area (TPSA) is 163 Å². The Morgan fingerprint density at radius 3 is 2.63 bits per heavy atom. The van der Waals surface area contributed by atoms with Crippen LogP contribution in [-0.2, 0) is 9.84 Å². The number of rotatable bonds is 8. The second kappa shape index (κ2) is 10.4. The van der Waals surface area contributed by atoms with E-state index in [2.05, 4.69) is 30.7 Å². The van der Waals surface area contributed by atoms with Crippen LogP contribution in [-0.4, -0.2) is 51.1 Å². The third-order valence-corrected chi connectivity index (χ3v) is 7.79. The number of hydrogen-bond acceptors (Lipinski definition) is 11.